The molecule has 0 fully saturated rings. The molecule has 1 aromatic heterocycles. The molecule has 114 valence electrons. The van der Waals surface area contributed by atoms with Gasteiger partial charge in [-0.05, 0) is 41.3 Å². The lowest BCUT2D eigenvalue weighted by atomic mass is 10.1. The minimum Gasteiger partial charge on any atom is -0.396 e. The van der Waals surface area contributed by atoms with E-state index in [9.17, 15) is 4.39 Å². The highest BCUT2D eigenvalue weighted by Crippen LogP contribution is 2.28. The number of rotatable bonds is 9. The molecule has 0 bridgehead atoms. The van der Waals surface area contributed by atoms with E-state index in [1.807, 2.05) is 41.4 Å². The van der Waals surface area contributed by atoms with Crippen LogP contribution >= 0.6 is 23.1 Å². The maximum Gasteiger partial charge on any atom is 0.131 e. The summed E-state index contributed by atoms with van der Waals surface area (Å²) in [7, 11) is 0. The Kier molecular flexibility index (Phi) is 7.23. The third-order valence-electron chi connectivity index (χ3n) is 3.02. The zero-order valence-corrected chi connectivity index (χ0v) is 13.5. The highest BCUT2D eigenvalue weighted by Gasteiger charge is 2.07. The molecular weight excluding hydrogens is 305 g/mol. The Morgan fingerprint density at radius 3 is 2.90 bits per heavy atom. The van der Waals surface area contributed by atoms with Gasteiger partial charge in [0.25, 0.3) is 0 Å². The van der Waals surface area contributed by atoms with Gasteiger partial charge in [0.15, 0.2) is 0 Å². The van der Waals surface area contributed by atoms with Gasteiger partial charge >= 0.3 is 0 Å². The molecule has 0 radical (unpaired) electrons. The zero-order valence-electron chi connectivity index (χ0n) is 11.8. The summed E-state index contributed by atoms with van der Waals surface area (Å²) in [6, 6.07) is 9.18. The van der Waals surface area contributed by atoms with Gasteiger partial charge in [-0.15, -0.1) is 11.3 Å². The molecule has 0 aliphatic carbocycles. The molecule has 0 unspecified atom stereocenters. The van der Waals surface area contributed by atoms with Gasteiger partial charge in [0.05, 0.1) is 0 Å². The van der Waals surface area contributed by atoms with Crippen molar-refractivity contribution in [3.8, 4) is 10.4 Å². The van der Waals surface area contributed by atoms with E-state index in [1.165, 1.54) is 0 Å². The number of thioether (sulfide) groups is 1. The van der Waals surface area contributed by atoms with Gasteiger partial charge in [-0.1, -0.05) is 12.1 Å². The Labute approximate surface area is 133 Å². The number of aliphatic hydroxyl groups is 1. The Morgan fingerprint density at radius 1 is 1.24 bits per heavy atom. The molecule has 1 heterocycles. The van der Waals surface area contributed by atoms with Crippen LogP contribution in [0, 0.1) is 5.82 Å². The fraction of sp³-hybridized carbons (Fsp3) is 0.375. The molecule has 0 aliphatic heterocycles. The molecule has 2 rings (SSSR count). The zero-order chi connectivity index (χ0) is 14.9. The quantitative estimate of drug-likeness (QED) is 0.689. The van der Waals surface area contributed by atoms with E-state index in [-0.39, 0.29) is 12.4 Å². The van der Waals surface area contributed by atoms with E-state index in [2.05, 4.69) is 5.32 Å². The standard InChI is InChI=1S/C16H20FNOS2/c17-15-5-4-13(11-14(15)16-3-1-9-21-16)12-18-6-10-20-8-2-7-19/h1,3-5,9,11,18-19H,2,6-8,10,12H2. The summed E-state index contributed by atoms with van der Waals surface area (Å²) in [5, 5.41) is 14.0. The summed E-state index contributed by atoms with van der Waals surface area (Å²) in [5.74, 6) is 1.86. The summed E-state index contributed by atoms with van der Waals surface area (Å²) >= 11 is 3.39. The van der Waals surface area contributed by atoms with Crippen LogP contribution in [0.2, 0.25) is 0 Å². The largest absolute Gasteiger partial charge is 0.396 e. The predicted octanol–water partition coefficient (Wildman–Crippen LogP) is 3.76. The lowest BCUT2D eigenvalue weighted by Crippen LogP contribution is -2.16. The molecule has 0 saturated carbocycles. The fourth-order valence-corrected chi connectivity index (χ4v) is 3.52. The summed E-state index contributed by atoms with van der Waals surface area (Å²) in [4.78, 5) is 0.967. The molecule has 0 amide bonds. The number of nitrogens with one attached hydrogen (secondary N) is 1. The molecule has 2 nitrogen and oxygen atoms in total. The Balaban J connectivity index is 1.80. The number of aliphatic hydroxyl groups excluding tert-OH is 1. The lowest BCUT2D eigenvalue weighted by Gasteiger charge is -2.07. The predicted molar refractivity (Wildman–Crippen MR) is 90.4 cm³/mol. The van der Waals surface area contributed by atoms with Crippen molar-refractivity contribution in [2.45, 2.75) is 13.0 Å². The number of thiophene rings is 1. The summed E-state index contributed by atoms with van der Waals surface area (Å²) in [6.07, 6.45) is 0.854. The van der Waals surface area contributed by atoms with Gasteiger partial charge in [-0.3, -0.25) is 0 Å². The van der Waals surface area contributed by atoms with Crippen LogP contribution in [0.1, 0.15) is 12.0 Å². The molecular formula is C16H20FNOS2. The molecule has 0 aliphatic rings. The second kappa shape index (κ2) is 9.20. The Bertz CT molecular complexity index is 531. The first-order chi connectivity index (χ1) is 10.3. The molecule has 0 spiro atoms. The fourth-order valence-electron chi connectivity index (χ4n) is 1.95. The van der Waals surface area contributed by atoms with Gasteiger partial charge < -0.3 is 10.4 Å². The highest BCUT2D eigenvalue weighted by atomic mass is 32.2. The monoisotopic (exact) mass is 325 g/mol. The van der Waals surface area contributed by atoms with Crippen LogP contribution in [0.15, 0.2) is 35.7 Å². The maximum absolute atomic E-state index is 13.9. The highest BCUT2D eigenvalue weighted by molar-refractivity contribution is 7.99. The molecule has 2 N–H and O–H groups in total. The van der Waals surface area contributed by atoms with E-state index in [0.717, 1.165) is 41.5 Å². The van der Waals surface area contributed by atoms with Crippen LogP contribution in [0.25, 0.3) is 10.4 Å². The minimum atomic E-state index is -0.166. The van der Waals surface area contributed by atoms with Gasteiger partial charge in [0, 0.05) is 35.9 Å². The van der Waals surface area contributed by atoms with Gasteiger partial charge in [0.2, 0.25) is 0 Å². The second-order valence-corrected chi connectivity index (χ2v) is 6.83. The van der Waals surface area contributed by atoms with Crippen molar-refractivity contribution in [2.75, 3.05) is 24.7 Å². The van der Waals surface area contributed by atoms with Crippen LogP contribution in [0.3, 0.4) is 0 Å². The van der Waals surface area contributed by atoms with Crippen molar-refractivity contribution < 1.29 is 9.50 Å². The van der Waals surface area contributed by atoms with Gasteiger partial charge in [-0.2, -0.15) is 11.8 Å². The first-order valence-electron chi connectivity index (χ1n) is 7.03. The topological polar surface area (TPSA) is 32.3 Å². The van der Waals surface area contributed by atoms with Crippen molar-refractivity contribution in [3.05, 3.63) is 47.1 Å². The maximum atomic E-state index is 13.9. The smallest absolute Gasteiger partial charge is 0.131 e. The molecule has 1 aromatic carbocycles. The summed E-state index contributed by atoms with van der Waals surface area (Å²) in [5.41, 5.74) is 1.78. The molecule has 0 atom stereocenters. The number of benzene rings is 1. The first-order valence-corrected chi connectivity index (χ1v) is 9.06. The first kappa shape index (κ1) is 16.5. The minimum absolute atomic E-state index is 0.166. The molecule has 21 heavy (non-hydrogen) atoms. The normalized spacial score (nSPS) is 11.0. The van der Waals surface area contributed by atoms with Crippen LogP contribution < -0.4 is 5.32 Å². The van der Waals surface area contributed by atoms with E-state index in [1.54, 1.807) is 17.4 Å². The third kappa shape index (κ3) is 5.43. The van der Waals surface area contributed by atoms with Crippen LogP contribution in [-0.4, -0.2) is 29.8 Å². The van der Waals surface area contributed by atoms with Crippen molar-refractivity contribution >= 4 is 23.1 Å². The average molecular weight is 325 g/mol. The van der Waals surface area contributed by atoms with Gasteiger partial charge in [0.1, 0.15) is 5.82 Å². The van der Waals surface area contributed by atoms with E-state index >= 15 is 0 Å². The summed E-state index contributed by atoms with van der Waals surface area (Å²) < 4.78 is 13.9. The van der Waals surface area contributed by atoms with E-state index in [4.69, 9.17) is 5.11 Å². The lowest BCUT2D eigenvalue weighted by molar-refractivity contribution is 0.296. The Hall–Kier alpha value is -0.880. The second-order valence-electron chi connectivity index (χ2n) is 4.66. The SMILES string of the molecule is OCCCSCCNCc1ccc(F)c(-c2cccs2)c1. The number of hydrogen-bond acceptors (Lipinski definition) is 4. The Morgan fingerprint density at radius 2 is 2.14 bits per heavy atom. The molecule has 0 saturated heterocycles. The van der Waals surface area contributed by atoms with Crippen molar-refractivity contribution in [1.29, 1.82) is 0 Å². The van der Waals surface area contributed by atoms with Crippen molar-refractivity contribution in [3.63, 3.8) is 0 Å². The van der Waals surface area contributed by atoms with Crippen molar-refractivity contribution in [1.82, 2.24) is 5.32 Å². The average Bonchev–Trinajstić information content (AvgIpc) is 3.02. The third-order valence-corrected chi connectivity index (χ3v) is 4.99. The van der Waals surface area contributed by atoms with Crippen molar-refractivity contribution in [2.24, 2.45) is 0 Å². The van der Waals surface area contributed by atoms with E-state index in [0.29, 0.717) is 5.56 Å². The molecule has 5 heteroatoms. The molecule has 2 aromatic rings. The van der Waals surface area contributed by atoms with Crippen LogP contribution in [0.4, 0.5) is 4.39 Å². The van der Waals surface area contributed by atoms with Gasteiger partial charge in [-0.25, -0.2) is 4.39 Å². The van der Waals surface area contributed by atoms with E-state index < -0.39 is 0 Å². The van der Waals surface area contributed by atoms with Crippen LogP contribution in [0.5, 0.6) is 0 Å². The number of halogens is 1. The summed E-state index contributed by atoms with van der Waals surface area (Å²) in [6.45, 7) is 1.93. The number of hydrogen-bond donors (Lipinski definition) is 2. The van der Waals surface area contributed by atoms with Crippen LogP contribution in [-0.2, 0) is 6.54 Å².